The van der Waals surface area contributed by atoms with E-state index in [1.54, 1.807) is 14.0 Å². The van der Waals surface area contributed by atoms with Crippen LogP contribution in [0.1, 0.15) is 6.92 Å². The minimum atomic E-state index is -0.610. The maximum atomic E-state index is 11.4. The van der Waals surface area contributed by atoms with E-state index in [9.17, 15) is 4.79 Å². The molecule has 21 heavy (non-hydrogen) atoms. The summed E-state index contributed by atoms with van der Waals surface area (Å²) >= 11 is 9.22. The van der Waals surface area contributed by atoms with Crippen molar-refractivity contribution < 1.29 is 9.53 Å². The summed E-state index contributed by atoms with van der Waals surface area (Å²) in [6.45, 7) is 4.78. The summed E-state index contributed by atoms with van der Waals surface area (Å²) in [6, 6.07) is 5.97. The molecule has 1 heterocycles. The molecule has 1 atom stereocenters. The highest BCUT2D eigenvalue weighted by atomic mass is 33.3. The molecule has 0 bridgehead atoms. The molecule has 0 aliphatic carbocycles. The third-order valence-corrected chi connectivity index (χ3v) is 4.39. The first-order chi connectivity index (χ1) is 10.0. The summed E-state index contributed by atoms with van der Waals surface area (Å²) in [5.41, 5.74) is 1.93. The zero-order chi connectivity index (χ0) is 15.4. The van der Waals surface area contributed by atoms with E-state index in [0.717, 1.165) is 43.3 Å². The number of methoxy groups -OCH3 is 1. The number of ether oxygens (including phenoxy) is 1. The van der Waals surface area contributed by atoms with Crippen LogP contribution in [0.3, 0.4) is 0 Å². The third kappa shape index (κ3) is 4.24. The van der Waals surface area contributed by atoms with Gasteiger partial charge in [-0.1, -0.05) is 11.7 Å². The number of benzene rings is 1. The molecule has 116 valence electrons. The molecular weight excluding hydrogens is 326 g/mol. The van der Waals surface area contributed by atoms with Gasteiger partial charge in [0, 0.05) is 53.5 Å². The SMILES string of the molecule is COc1cc(N2CCN(C(C)=O)CC2)ccc1NS(=S)S. The second-order valence-corrected chi connectivity index (χ2v) is 8.27. The van der Waals surface area contributed by atoms with Crippen molar-refractivity contribution in [1.29, 1.82) is 0 Å². The number of carbonyl (C=O) groups excluding carboxylic acids is 1. The van der Waals surface area contributed by atoms with Crippen LogP contribution in [-0.2, 0) is 24.7 Å². The van der Waals surface area contributed by atoms with E-state index < -0.39 is 8.67 Å². The number of hydrogen-bond donors (Lipinski definition) is 2. The first-order valence-corrected chi connectivity index (χ1v) is 9.77. The van der Waals surface area contributed by atoms with Crippen molar-refractivity contribution in [3.63, 3.8) is 0 Å². The number of hydrogen-bond acceptors (Lipinski definition) is 4. The van der Waals surface area contributed by atoms with Crippen molar-refractivity contribution in [3.05, 3.63) is 18.2 Å². The lowest BCUT2D eigenvalue weighted by Gasteiger charge is -2.35. The molecule has 8 heteroatoms. The number of nitrogens with zero attached hydrogens (tertiary/aromatic N) is 2. The van der Waals surface area contributed by atoms with Gasteiger partial charge in [-0.25, -0.2) is 0 Å². The maximum absolute atomic E-state index is 11.4. The monoisotopic (exact) mass is 345 g/mol. The van der Waals surface area contributed by atoms with Gasteiger partial charge in [-0.2, -0.15) is 0 Å². The minimum absolute atomic E-state index is 0.137. The summed E-state index contributed by atoms with van der Waals surface area (Å²) < 4.78 is 8.49. The Labute approximate surface area is 137 Å². The van der Waals surface area contributed by atoms with Gasteiger partial charge in [0.05, 0.1) is 12.8 Å². The second-order valence-electron chi connectivity index (χ2n) is 4.73. The van der Waals surface area contributed by atoms with E-state index in [1.807, 2.05) is 23.1 Å². The Balaban J connectivity index is 2.11. The molecular formula is C13H19N3O2S3. The molecule has 1 amide bonds. The van der Waals surface area contributed by atoms with E-state index in [4.69, 9.17) is 15.9 Å². The Kier molecular flexibility index (Phi) is 5.72. The molecule has 1 aromatic rings. The Bertz CT molecular complexity index is 545. The fraction of sp³-hybridized carbons (Fsp3) is 0.462. The van der Waals surface area contributed by atoms with Crippen molar-refractivity contribution in [1.82, 2.24) is 4.90 Å². The van der Waals surface area contributed by atoms with Gasteiger partial charge in [0.1, 0.15) is 5.75 Å². The molecule has 0 spiro atoms. The maximum Gasteiger partial charge on any atom is 0.219 e. The highest BCUT2D eigenvalue weighted by molar-refractivity contribution is 8.76. The number of piperazine rings is 1. The Hall–Kier alpha value is -0.990. The minimum Gasteiger partial charge on any atom is -0.494 e. The van der Waals surface area contributed by atoms with Gasteiger partial charge in [0.15, 0.2) is 0 Å². The first-order valence-electron chi connectivity index (χ1n) is 6.57. The fourth-order valence-electron chi connectivity index (χ4n) is 2.33. The number of thiol groups is 1. The van der Waals surface area contributed by atoms with Crippen LogP contribution < -0.4 is 14.4 Å². The van der Waals surface area contributed by atoms with Crippen molar-refractivity contribution in [2.24, 2.45) is 0 Å². The van der Waals surface area contributed by atoms with Gasteiger partial charge in [-0.15, -0.1) is 0 Å². The van der Waals surface area contributed by atoms with Gasteiger partial charge in [-0.05, 0) is 23.3 Å². The molecule has 1 aromatic carbocycles. The van der Waals surface area contributed by atoms with Crippen molar-refractivity contribution in [3.8, 4) is 5.75 Å². The first kappa shape index (κ1) is 16.4. The predicted molar refractivity (Wildman–Crippen MR) is 94.8 cm³/mol. The largest absolute Gasteiger partial charge is 0.494 e. The molecule has 1 N–H and O–H groups in total. The molecule has 0 saturated carbocycles. The molecule has 1 aliphatic rings. The van der Waals surface area contributed by atoms with Gasteiger partial charge in [-0.3, -0.25) is 4.79 Å². The Morgan fingerprint density at radius 2 is 2.05 bits per heavy atom. The van der Waals surface area contributed by atoms with E-state index in [-0.39, 0.29) is 5.91 Å². The smallest absolute Gasteiger partial charge is 0.219 e. The molecule has 2 rings (SSSR count). The zero-order valence-corrected chi connectivity index (χ0v) is 14.6. The second kappa shape index (κ2) is 7.33. The topological polar surface area (TPSA) is 44.8 Å². The van der Waals surface area contributed by atoms with Crippen LogP contribution in [0.15, 0.2) is 18.2 Å². The number of carbonyl (C=O) groups is 1. The highest BCUT2D eigenvalue weighted by Gasteiger charge is 2.19. The van der Waals surface area contributed by atoms with Crippen LogP contribution in [0.5, 0.6) is 5.75 Å². The van der Waals surface area contributed by atoms with Crippen molar-refractivity contribution in [2.75, 3.05) is 42.9 Å². The molecule has 5 nitrogen and oxygen atoms in total. The van der Waals surface area contributed by atoms with Crippen molar-refractivity contribution >= 4 is 48.8 Å². The van der Waals surface area contributed by atoms with E-state index in [0.29, 0.717) is 0 Å². The summed E-state index contributed by atoms with van der Waals surface area (Å²) in [6.07, 6.45) is 0. The highest BCUT2D eigenvalue weighted by Crippen LogP contribution is 2.31. The lowest BCUT2D eigenvalue weighted by Crippen LogP contribution is -2.48. The van der Waals surface area contributed by atoms with Crippen molar-refractivity contribution in [2.45, 2.75) is 6.92 Å². The molecule has 1 saturated heterocycles. The standard InChI is InChI=1S/C13H19N3O2S3/c1-10(17)15-5-7-16(8-6-15)11-3-4-12(14-21(19)20)13(9-11)18-2/h3-4,9,14H,5-8H2,1-2H3,(H,19,20). The molecule has 1 fully saturated rings. The number of amides is 1. The third-order valence-electron chi connectivity index (χ3n) is 3.47. The van der Waals surface area contributed by atoms with Crippen LogP contribution in [0.4, 0.5) is 11.4 Å². The lowest BCUT2D eigenvalue weighted by atomic mass is 10.2. The van der Waals surface area contributed by atoms with Crippen LogP contribution in [-0.4, -0.2) is 44.1 Å². The molecule has 1 unspecified atom stereocenters. The molecule has 0 radical (unpaired) electrons. The zero-order valence-electron chi connectivity index (χ0n) is 12.0. The van der Waals surface area contributed by atoms with Crippen LogP contribution in [0.2, 0.25) is 0 Å². The van der Waals surface area contributed by atoms with E-state index >= 15 is 0 Å². The van der Waals surface area contributed by atoms with Gasteiger partial charge in [0.2, 0.25) is 5.91 Å². The number of rotatable bonds is 4. The van der Waals surface area contributed by atoms with Crippen LogP contribution >= 0.6 is 11.7 Å². The lowest BCUT2D eigenvalue weighted by molar-refractivity contribution is -0.129. The Morgan fingerprint density at radius 3 is 2.57 bits per heavy atom. The average molecular weight is 346 g/mol. The summed E-state index contributed by atoms with van der Waals surface area (Å²) in [4.78, 5) is 15.5. The van der Waals surface area contributed by atoms with Crippen LogP contribution in [0.25, 0.3) is 0 Å². The van der Waals surface area contributed by atoms with E-state index in [2.05, 4.69) is 21.3 Å². The van der Waals surface area contributed by atoms with Gasteiger partial charge in [0.25, 0.3) is 0 Å². The van der Waals surface area contributed by atoms with Gasteiger partial charge >= 0.3 is 0 Å². The number of nitrogens with one attached hydrogen (secondary N) is 1. The molecule has 0 aromatic heterocycles. The quantitative estimate of drug-likeness (QED) is 0.641. The number of anilines is 2. The summed E-state index contributed by atoms with van der Waals surface area (Å²) in [5, 5.41) is 0. The van der Waals surface area contributed by atoms with E-state index in [1.165, 1.54) is 0 Å². The summed E-state index contributed by atoms with van der Waals surface area (Å²) in [5.74, 6) is 0.885. The average Bonchev–Trinajstić information content (AvgIpc) is 2.47. The van der Waals surface area contributed by atoms with Gasteiger partial charge < -0.3 is 19.3 Å². The fourth-order valence-corrected chi connectivity index (χ4v) is 3.26. The normalized spacial score (nSPS) is 16.5. The Morgan fingerprint density at radius 1 is 1.38 bits per heavy atom. The molecule has 1 aliphatic heterocycles. The summed E-state index contributed by atoms with van der Waals surface area (Å²) in [7, 11) is 1.03. The van der Waals surface area contributed by atoms with Crippen LogP contribution in [0, 0.1) is 0 Å². The predicted octanol–water partition coefficient (Wildman–Crippen LogP) is 1.62.